The molecule has 186 valence electrons. The van der Waals surface area contributed by atoms with Crippen molar-refractivity contribution >= 4 is 11.9 Å². The molecule has 0 aliphatic carbocycles. The zero-order chi connectivity index (χ0) is 24.4. The highest BCUT2D eigenvalue weighted by Gasteiger charge is 2.56. The van der Waals surface area contributed by atoms with Gasteiger partial charge in [-0.1, -0.05) is 0 Å². The Morgan fingerprint density at radius 2 is 1.75 bits per heavy atom. The second kappa shape index (κ2) is 10.6. The van der Waals surface area contributed by atoms with Gasteiger partial charge in [-0.3, -0.25) is 4.79 Å². The zero-order valence-electron chi connectivity index (χ0n) is 17.0. The third-order valence-electron chi connectivity index (χ3n) is 5.35. The Balaban J connectivity index is 2.27. The molecular weight excluding hydrogens is 442 g/mol. The van der Waals surface area contributed by atoms with Gasteiger partial charge in [-0.05, 0) is 0 Å². The number of ether oxygens (including phenoxy) is 3. The highest BCUT2D eigenvalue weighted by Crippen LogP contribution is 2.34. The van der Waals surface area contributed by atoms with E-state index in [-0.39, 0.29) is 0 Å². The zero-order valence-corrected chi connectivity index (χ0v) is 17.0. The van der Waals surface area contributed by atoms with E-state index in [1.54, 1.807) is 0 Å². The molecule has 0 radical (unpaired) electrons. The van der Waals surface area contributed by atoms with Crippen LogP contribution in [-0.4, -0.2) is 138 Å². The lowest BCUT2D eigenvalue weighted by Gasteiger charge is -2.47. The van der Waals surface area contributed by atoms with Crippen LogP contribution < -0.4 is 5.32 Å². The van der Waals surface area contributed by atoms with Gasteiger partial charge in [-0.15, -0.1) is 0 Å². The molecule has 0 bridgehead atoms. The largest absolute Gasteiger partial charge is 0.477 e. The molecule has 10 N–H and O–H groups in total. The van der Waals surface area contributed by atoms with E-state index in [1.165, 1.54) is 0 Å². The number of carbonyl (C=O) groups excluding carboxylic acids is 1. The Morgan fingerprint density at radius 3 is 2.28 bits per heavy atom. The highest BCUT2D eigenvalue weighted by atomic mass is 16.7. The summed E-state index contributed by atoms with van der Waals surface area (Å²) in [5.74, 6) is -5.15. The first-order chi connectivity index (χ1) is 14.8. The van der Waals surface area contributed by atoms with Crippen LogP contribution in [0.25, 0.3) is 0 Å². The number of carboxylic acid groups (broad SMARTS) is 1. The van der Waals surface area contributed by atoms with Gasteiger partial charge in [-0.25, -0.2) is 4.79 Å². The standard InChI is InChI=1S/C17H29NO14/c1-5(20)18-9-6(21)2-17(16(28)29,32-14(9)10(23)7(22)3-19)30-4-8-11(24)12(25)13(26)15(27)31-8/h6-15,19,21-27H,2-4H2,1H3,(H,18,20)(H,28,29)/t6-,7+,8+,9+,10+,11+,12-,13-,14+,15+,17+/m0/s1. The summed E-state index contributed by atoms with van der Waals surface area (Å²) in [6.07, 6.45) is -16.9. The van der Waals surface area contributed by atoms with E-state index in [2.05, 4.69) is 5.32 Å². The SMILES string of the molecule is CC(=O)N[C@H]1[C@H]([C@H](O)[C@H](O)CO)O[C@@](OC[C@H]2O[C@@H](O)[C@@H](O)[C@@H](O)[C@@H]2O)(C(=O)O)C[C@@H]1O. The van der Waals surface area contributed by atoms with Crippen molar-refractivity contribution in [2.24, 2.45) is 0 Å². The van der Waals surface area contributed by atoms with E-state index in [0.29, 0.717) is 0 Å². The van der Waals surface area contributed by atoms with Crippen LogP contribution in [0.4, 0.5) is 0 Å². The Bertz CT molecular complexity index is 665. The number of aliphatic carboxylic acids is 1. The van der Waals surface area contributed by atoms with Crippen LogP contribution >= 0.6 is 0 Å². The molecule has 0 saturated carbocycles. The molecule has 32 heavy (non-hydrogen) atoms. The minimum absolute atomic E-state index is 0.669. The lowest BCUT2D eigenvalue weighted by Crippen LogP contribution is -2.68. The fourth-order valence-electron chi connectivity index (χ4n) is 3.56. The van der Waals surface area contributed by atoms with Crippen LogP contribution in [0.15, 0.2) is 0 Å². The van der Waals surface area contributed by atoms with Crippen LogP contribution in [0.2, 0.25) is 0 Å². The Labute approximate surface area is 181 Å². The molecule has 2 aliphatic rings. The molecule has 11 atom stereocenters. The van der Waals surface area contributed by atoms with Crippen molar-refractivity contribution in [3.8, 4) is 0 Å². The molecule has 2 heterocycles. The number of rotatable bonds is 8. The molecule has 0 aromatic heterocycles. The van der Waals surface area contributed by atoms with Gasteiger partial charge in [0.1, 0.15) is 42.7 Å². The number of amides is 1. The quantitative estimate of drug-likeness (QED) is 0.158. The summed E-state index contributed by atoms with van der Waals surface area (Å²) in [4.78, 5) is 23.5. The predicted molar refractivity (Wildman–Crippen MR) is 97.4 cm³/mol. The fourth-order valence-corrected chi connectivity index (χ4v) is 3.56. The summed E-state index contributed by atoms with van der Waals surface area (Å²) >= 11 is 0. The predicted octanol–water partition coefficient (Wildman–Crippen LogP) is -6.05. The summed E-state index contributed by atoms with van der Waals surface area (Å²) in [5.41, 5.74) is 0. The van der Waals surface area contributed by atoms with E-state index >= 15 is 0 Å². The number of hydrogen-bond acceptors (Lipinski definition) is 13. The first-order valence-electron chi connectivity index (χ1n) is 9.69. The van der Waals surface area contributed by atoms with Crippen molar-refractivity contribution in [3.63, 3.8) is 0 Å². The molecule has 2 fully saturated rings. The third-order valence-corrected chi connectivity index (χ3v) is 5.35. The van der Waals surface area contributed by atoms with E-state index in [0.717, 1.165) is 6.92 Å². The minimum atomic E-state index is -2.69. The second-order valence-corrected chi connectivity index (χ2v) is 7.73. The van der Waals surface area contributed by atoms with Crippen molar-refractivity contribution in [3.05, 3.63) is 0 Å². The van der Waals surface area contributed by atoms with Gasteiger partial charge in [0.25, 0.3) is 5.79 Å². The van der Waals surface area contributed by atoms with Gasteiger partial charge in [0.15, 0.2) is 6.29 Å². The fraction of sp³-hybridized carbons (Fsp3) is 0.882. The smallest absolute Gasteiger partial charge is 0.364 e. The monoisotopic (exact) mass is 471 g/mol. The maximum atomic E-state index is 12.0. The molecule has 0 spiro atoms. The normalized spacial score (nSPS) is 42.2. The van der Waals surface area contributed by atoms with Crippen LogP contribution in [0.3, 0.4) is 0 Å². The van der Waals surface area contributed by atoms with Gasteiger partial charge < -0.3 is 65.5 Å². The molecule has 15 heteroatoms. The molecule has 0 unspecified atom stereocenters. The Kier molecular flexibility index (Phi) is 8.88. The minimum Gasteiger partial charge on any atom is -0.477 e. The highest BCUT2D eigenvalue weighted by molar-refractivity contribution is 5.76. The van der Waals surface area contributed by atoms with Gasteiger partial charge in [0.05, 0.1) is 25.4 Å². The summed E-state index contributed by atoms with van der Waals surface area (Å²) < 4.78 is 15.5. The number of aliphatic hydroxyl groups excluding tert-OH is 8. The van der Waals surface area contributed by atoms with Crippen LogP contribution in [0.1, 0.15) is 13.3 Å². The molecule has 2 saturated heterocycles. The maximum absolute atomic E-state index is 12.0. The first kappa shape index (κ1) is 26.7. The molecule has 2 rings (SSSR count). The number of carboxylic acids is 1. The van der Waals surface area contributed by atoms with Crippen LogP contribution in [0, 0.1) is 0 Å². The second-order valence-electron chi connectivity index (χ2n) is 7.73. The van der Waals surface area contributed by atoms with Gasteiger partial charge in [0.2, 0.25) is 5.91 Å². The molecular formula is C17H29NO14. The maximum Gasteiger partial charge on any atom is 0.364 e. The van der Waals surface area contributed by atoms with E-state index < -0.39 is 98.5 Å². The first-order valence-corrected chi connectivity index (χ1v) is 9.69. The van der Waals surface area contributed by atoms with E-state index in [9.17, 15) is 50.4 Å². The number of hydrogen-bond donors (Lipinski definition) is 10. The summed E-state index contributed by atoms with van der Waals surface area (Å²) in [6, 6.07) is -1.39. The van der Waals surface area contributed by atoms with Crippen LogP contribution in [0.5, 0.6) is 0 Å². The van der Waals surface area contributed by atoms with E-state index in [4.69, 9.17) is 19.3 Å². The Hall–Kier alpha value is -1.50. The van der Waals surface area contributed by atoms with Gasteiger partial charge >= 0.3 is 5.97 Å². The average Bonchev–Trinajstić information content (AvgIpc) is 2.73. The van der Waals surface area contributed by atoms with Crippen molar-refractivity contribution < 1.29 is 69.8 Å². The summed E-state index contributed by atoms with van der Waals surface area (Å²) in [5, 5.41) is 90.6. The van der Waals surface area contributed by atoms with Crippen molar-refractivity contribution in [1.82, 2.24) is 5.32 Å². The summed E-state index contributed by atoms with van der Waals surface area (Å²) in [6.45, 7) is -0.691. The van der Waals surface area contributed by atoms with Crippen molar-refractivity contribution in [2.45, 2.75) is 80.3 Å². The van der Waals surface area contributed by atoms with E-state index in [1.807, 2.05) is 0 Å². The lowest BCUT2D eigenvalue weighted by atomic mass is 9.88. The van der Waals surface area contributed by atoms with Crippen molar-refractivity contribution in [2.75, 3.05) is 13.2 Å². The molecule has 1 amide bonds. The van der Waals surface area contributed by atoms with Crippen molar-refractivity contribution in [1.29, 1.82) is 0 Å². The molecule has 15 nitrogen and oxygen atoms in total. The van der Waals surface area contributed by atoms with Gasteiger partial charge in [0, 0.05) is 13.3 Å². The van der Waals surface area contributed by atoms with Crippen LogP contribution in [-0.2, 0) is 23.8 Å². The number of carbonyl (C=O) groups is 2. The summed E-state index contributed by atoms with van der Waals surface area (Å²) in [7, 11) is 0. The lowest BCUT2D eigenvalue weighted by molar-refractivity contribution is -0.334. The number of aliphatic hydroxyl groups is 8. The molecule has 0 aromatic carbocycles. The topological polar surface area (TPSA) is 256 Å². The Morgan fingerprint density at radius 1 is 1.12 bits per heavy atom. The molecule has 2 aliphatic heterocycles. The average molecular weight is 471 g/mol. The number of nitrogens with one attached hydrogen (secondary N) is 1. The molecule has 0 aromatic rings. The third kappa shape index (κ3) is 5.52. The van der Waals surface area contributed by atoms with Gasteiger partial charge in [-0.2, -0.15) is 0 Å².